The molecule has 4 nitrogen and oxygen atoms in total. The van der Waals surface area contributed by atoms with E-state index >= 15 is 0 Å². The van der Waals surface area contributed by atoms with Gasteiger partial charge in [0, 0.05) is 18.3 Å². The minimum atomic E-state index is -0.367. The summed E-state index contributed by atoms with van der Waals surface area (Å²) < 4.78 is 2.01. The number of fused-ring (bicyclic) bond motifs is 1. The van der Waals surface area contributed by atoms with Crippen molar-refractivity contribution in [3.05, 3.63) is 99.4 Å². The molecule has 0 aliphatic carbocycles. The number of nitrogens with one attached hydrogen (secondary N) is 1. The average Bonchev–Trinajstić information content (AvgIpc) is 2.99. The van der Waals surface area contributed by atoms with Gasteiger partial charge in [-0.15, -0.1) is 0 Å². The highest BCUT2D eigenvalue weighted by Crippen LogP contribution is 2.27. The highest BCUT2D eigenvalue weighted by atomic mass is 35.5. The van der Waals surface area contributed by atoms with Crippen molar-refractivity contribution in [1.82, 2.24) is 9.38 Å². The number of nitrogens with zero attached hydrogens (tertiary/aromatic N) is 2. The molecule has 1 N–H and O–H groups in total. The number of carbonyl (C=O) groups is 1. The first kappa shape index (κ1) is 18.5. The van der Waals surface area contributed by atoms with Gasteiger partial charge in [-0.2, -0.15) is 0 Å². The summed E-state index contributed by atoms with van der Waals surface area (Å²) in [6.45, 7) is 1.97. The molecule has 0 spiro atoms. The topological polar surface area (TPSA) is 46.4 Å². The standard InChI is InChI=1S/C22H17Cl2N3O/c1-14-19(13-15-7-3-2-4-8-15)27-12-6-11-18(21(27)25-14)26-22(28)20-16(23)9-5-10-17(20)24/h2-12H,13H2,1H3,(H,26,28). The molecule has 0 saturated heterocycles. The Hall–Kier alpha value is -2.82. The minimum absolute atomic E-state index is 0.251. The molecule has 0 saturated carbocycles. The van der Waals surface area contributed by atoms with E-state index in [0.717, 1.165) is 17.8 Å². The molecule has 0 unspecified atom stereocenters. The highest BCUT2D eigenvalue weighted by Gasteiger charge is 2.18. The summed E-state index contributed by atoms with van der Waals surface area (Å²) in [5.74, 6) is -0.367. The summed E-state index contributed by atoms with van der Waals surface area (Å²) in [6, 6.07) is 18.9. The molecule has 0 aliphatic heterocycles. The van der Waals surface area contributed by atoms with Crippen LogP contribution in [0.1, 0.15) is 27.3 Å². The molecule has 28 heavy (non-hydrogen) atoms. The number of pyridine rings is 1. The quantitative estimate of drug-likeness (QED) is 0.463. The lowest BCUT2D eigenvalue weighted by molar-refractivity contribution is 0.102. The number of hydrogen-bond acceptors (Lipinski definition) is 2. The number of aromatic nitrogens is 2. The first-order valence-electron chi connectivity index (χ1n) is 8.80. The van der Waals surface area contributed by atoms with E-state index < -0.39 is 0 Å². The largest absolute Gasteiger partial charge is 0.319 e. The van der Waals surface area contributed by atoms with Crippen molar-refractivity contribution in [1.29, 1.82) is 0 Å². The molecule has 140 valence electrons. The predicted octanol–water partition coefficient (Wildman–Crippen LogP) is 5.79. The van der Waals surface area contributed by atoms with E-state index in [9.17, 15) is 4.79 Å². The Morgan fingerprint density at radius 3 is 2.43 bits per heavy atom. The van der Waals surface area contributed by atoms with E-state index in [2.05, 4.69) is 22.4 Å². The number of anilines is 1. The van der Waals surface area contributed by atoms with Crippen molar-refractivity contribution in [2.45, 2.75) is 13.3 Å². The Kier molecular flexibility index (Phi) is 5.07. The molecule has 6 heteroatoms. The van der Waals surface area contributed by atoms with Gasteiger partial charge in [0.1, 0.15) is 0 Å². The monoisotopic (exact) mass is 409 g/mol. The molecule has 4 rings (SSSR count). The van der Waals surface area contributed by atoms with Gasteiger partial charge in [0.15, 0.2) is 5.65 Å². The van der Waals surface area contributed by atoms with Crippen molar-refractivity contribution in [3.8, 4) is 0 Å². The molecule has 0 atom stereocenters. The maximum absolute atomic E-state index is 12.8. The van der Waals surface area contributed by atoms with Gasteiger partial charge in [-0.3, -0.25) is 4.79 Å². The number of hydrogen-bond donors (Lipinski definition) is 1. The van der Waals surface area contributed by atoms with Gasteiger partial charge in [-0.1, -0.05) is 59.6 Å². The summed E-state index contributed by atoms with van der Waals surface area (Å²) in [7, 11) is 0. The summed E-state index contributed by atoms with van der Waals surface area (Å²) in [4.78, 5) is 17.4. The van der Waals surface area contributed by atoms with Crippen molar-refractivity contribution in [3.63, 3.8) is 0 Å². The minimum Gasteiger partial charge on any atom is -0.319 e. The molecular weight excluding hydrogens is 393 g/mol. The van der Waals surface area contributed by atoms with Crippen LogP contribution >= 0.6 is 23.2 Å². The van der Waals surface area contributed by atoms with Gasteiger partial charge in [0.05, 0.1) is 27.0 Å². The zero-order chi connectivity index (χ0) is 19.7. The number of rotatable bonds is 4. The lowest BCUT2D eigenvalue weighted by atomic mass is 10.1. The Labute approximate surface area is 172 Å². The Morgan fingerprint density at radius 1 is 1.00 bits per heavy atom. The first-order valence-corrected chi connectivity index (χ1v) is 9.56. The predicted molar refractivity (Wildman–Crippen MR) is 114 cm³/mol. The Bertz CT molecular complexity index is 1150. The van der Waals surface area contributed by atoms with Crippen LogP contribution in [0, 0.1) is 6.92 Å². The lowest BCUT2D eigenvalue weighted by Gasteiger charge is -2.10. The van der Waals surface area contributed by atoms with E-state index in [4.69, 9.17) is 23.2 Å². The second kappa shape index (κ2) is 7.66. The van der Waals surface area contributed by atoms with Crippen molar-refractivity contribution in [2.24, 2.45) is 0 Å². The van der Waals surface area contributed by atoms with Crippen LogP contribution in [0.25, 0.3) is 5.65 Å². The van der Waals surface area contributed by atoms with Crippen LogP contribution in [-0.4, -0.2) is 15.3 Å². The molecule has 0 bridgehead atoms. The number of benzene rings is 2. The van der Waals surface area contributed by atoms with E-state index in [-0.39, 0.29) is 11.5 Å². The van der Waals surface area contributed by atoms with Gasteiger partial charge in [-0.25, -0.2) is 4.98 Å². The third kappa shape index (κ3) is 3.49. The number of carbonyl (C=O) groups excluding carboxylic acids is 1. The lowest BCUT2D eigenvalue weighted by Crippen LogP contribution is -2.14. The number of aryl methyl sites for hydroxylation is 1. The fraction of sp³-hybridized carbons (Fsp3) is 0.0909. The van der Waals surface area contributed by atoms with Crippen molar-refractivity contribution < 1.29 is 4.79 Å². The third-order valence-corrected chi connectivity index (χ3v) is 5.23. The maximum atomic E-state index is 12.8. The molecule has 2 aromatic heterocycles. The molecular formula is C22H17Cl2N3O. The molecule has 0 radical (unpaired) electrons. The first-order chi connectivity index (χ1) is 13.5. The Balaban J connectivity index is 1.71. The maximum Gasteiger partial charge on any atom is 0.258 e. The second-order valence-corrected chi connectivity index (χ2v) is 7.29. The molecule has 4 aromatic rings. The van der Waals surface area contributed by atoms with Crippen molar-refractivity contribution in [2.75, 3.05) is 5.32 Å². The van der Waals surface area contributed by atoms with E-state index in [1.54, 1.807) is 18.2 Å². The normalized spacial score (nSPS) is 11.0. The third-order valence-electron chi connectivity index (χ3n) is 4.60. The van der Waals surface area contributed by atoms with Crippen LogP contribution in [0.2, 0.25) is 10.0 Å². The van der Waals surface area contributed by atoms with Gasteiger partial charge in [0.25, 0.3) is 5.91 Å². The number of imidazole rings is 1. The van der Waals surface area contributed by atoms with Gasteiger partial charge in [0.2, 0.25) is 0 Å². The average molecular weight is 410 g/mol. The van der Waals surface area contributed by atoms with Gasteiger partial charge in [-0.05, 0) is 36.8 Å². The zero-order valence-electron chi connectivity index (χ0n) is 15.1. The van der Waals surface area contributed by atoms with Gasteiger partial charge >= 0.3 is 0 Å². The molecule has 1 amide bonds. The number of amides is 1. The van der Waals surface area contributed by atoms with E-state index in [0.29, 0.717) is 21.4 Å². The molecule has 2 aromatic carbocycles. The molecule has 0 fully saturated rings. The van der Waals surface area contributed by atoms with Crippen LogP contribution in [0.5, 0.6) is 0 Å². The zero-order valence-corrected chi connectivity index (χ0v) is 16.6. The van der Waals surface area contributed by atoms with E-state index in [1.807, 2.05) is 47.9 Å². The SMILES string of the molecule is Cc1nc2c(NC(=O)c3c(Cl)cccc3Cl)cccn2c1Cc1ccccc1. The second-order valence-electron chi connectivity index (χ2n) is 6.47. The molecule has 0 aliphatic rings. The van der Waals surface area contributed by atoms with Crippen LogP contribution in [0.15, 0.2) is 66.9 Å². The Morgan fingerprint density at radius 2 is 1.71 bits per heavy atom. The summed E-state index contributed by atoms with van der Waals surface area (Å²) in [5, 5.41) is 3.51. The fourth-order valence-electron chi connectivity index (χ4n) is 3.23. The number of halogens is 2. The summed E-state index contributed by atoms with van der Waals surface area (Å²) >= 11 is 12.3. The van der Waals surface area contributed by atoms with Crippen LogP contribution in [0.4, 0.5) is 5.69 Å². The van der Waals surface area contributed by atoms with Crippen LogP contribution in [0.3, 0.4) is 0 Å². The van der Waals surface area contributed by atoms with Crippen LogP contribution in [-0.2, 0) is 6.42 Å². The van der Waals surface area contributed by atoms with Gasteiger partial charge < -0.3 is 9.72 Å². The summed E-state index contributed by atoms with van der Waals surface area (Å²) in [5.41, 5.74) is 4.73. The smallest absolute Gasteiger partial charge is 0.258 e. The summed E-state index contributed by atoms with van der Waals surface area (Å²) in [6.07, 6.45) is 2.70. The van der Waals surface area contributed by atoms with Crippen molar-refractivity contribution >= 4 is 40.4 Å². The van der Waals surface area contributed by atoms with Crippen LogP contribution < -0.4 is 5.32 Å². The highest BCUT2D eigenvalue weighted by molar-refractivity contribution is 6.40. The fourth-order valence-corrected chi connectivity index (χ4v) is 3.80. The van der Waals surface area contributed by atoms with E-state index in [1.165, 1.54) is 5.56 Å². The molecule has 2 heterocycles.